The number of aromatic carboxylic acids is 1. The lowest BCUT2D eigenvalue weighted by molar-refractivity contribution is -0.115. The van der Waals surface area contributed by atoms with Crippen molar-refractivity contribution >= 4 is 44.6 Å². The second-order valence-electron chi connectivity index (χ2n) is 8.48. The van der Waals surface area contributed by atoms with Crippen molar-refractivity contribution in [3.63, 3.8) is 0 Å². The van der Waals surface area contributed by atoms with Crippen LogP contribution in [0.5, 0.6) is 5.75 Å². The van der Waals surface area contributed by atoms with Crippen molar-refractivity contribution in [1.29, 1.82) is 0 Å². The molecule has 0 unspecified atom stereocenters. The Kier molecular flexibility index (Phi) is 7.84. The number of benzene rings is 3. The average molecular weight is 556 g/mol. The number of ether oxygens (including phenoxy) is 1. The quantitative estimate of drug-likeness (QED) is 0.302. The summed E-state index contributed by atoms with van der Waals surface area (Å²) in [6.07, 6.45) is 2.59. The van der Waals surface area contributed by atoms with Crippen LogP contribution in [-0.2, 0) is 11.4 Å². The molecule has 0 aromatic heterocycles. The van der Waals surface area contributed by atoms with Crippen molar-refractivity contribution in [2.24, 2.45) is 0 Å². The highest BCUT2D eigenvalue weighted by atomic mass is 79.9. The minimum absolute atomic E-state index is 0.0783. The number of carbonyl (C=O) groups is 2. The van der Waals surface area contributed by atoms with Crippen molar-refractivity contribution in [3.8, 4) is 5.75 Å². The van der Waals surface area contributed by atoms with Gasteiger partial charge in [0.25, 0.3) is 0 Å². The first-order valence-corrected chi connectivity index (χ1v) is 12.3. The highest BCUT2D eigenvalue weighted by molar-refractivity contribution is 9.10. The first kappa shape index (κ1) is 25.6. The van der Waals surface area contributed by atoms with Crippen molar-refractivity contribution in [1.82, 2.24) is 0 Å². The summed E-state index contributed by atoms with van der Waals surface area (Å²) in [4.78, 5) is 23.7. The predicted octanol–water partition coefficient (Wildman–Crippen LogP) is 7.45. The monoisotopic (exact) mass is 555 g/mol. The van der Waals surface area contributed by atoms with Gasteiger partial charge in [0.2, 0.25) is 5.91 Å². The summed E-state index contributed by atoms with van der Waals surface area (Å²) in [5.41, 5.74) is 4.20. The summed E-state index contributed by atoms with van der Waals surface area (Å²) in [6.45, 7) is 1.65. The van der Waals surface area contributed by atoms with Crippen LogP contribution in [0.2, 0.25) is 0 Å². The van der Waals surface area contributed by atoms with Gasteiger partial charge < -0.3 is 15.2 Å². The summed E-state index contributed by atoms with van der Waals surface area (Å²) in [7, 11) is 0. The van der Waals surface area contributed by atoms with E-state index in [0.717, 1.165) is 46.5 Å². The molecule has 0 aliphatic heterocycles. The van der Waals surface area contributed by atoms with Crippen molar-refractivity contribution in [3.05, 3.63) is 93.0 Å². The molecule has 0 saturated heterocycles. The van der Waals surface area contributed by atoms with Gasteiger partial charge in [0.05, 0.1) is 5.56 Å². The number of anilines is 1. The van der Waals surface area contributed by atoms with Gasteiger partial charge in [-0.3, -0.25) is 4.79 Å². The van der Waals surface area contributed by atoms with E-state index in [0.29, 0.717) is 17.0 Å². The average Bonchev–Trinajstić information content (AvgIpc) is 3.33. The normalized spacial score (nSPS) is 13.1. The minimum atomic E-state index is -1.09. The Balaban J connectivity index is 1.75. The van der Waals surface area contributed by atoms with E-state index in [4.69, 9.17) is 4.74 Å². The van der Waals surface area contributed by atoms with Gasteiger partial charge in [0.1, 0.15) is 24.0 Å². The molecule has 1 aliphatic carbocycles. The van der Waals surface area contributed by atoms with Crippen LogP contribution in [-0.4, -0.2) is 17.0 Å². The molecular formula is C28H24BrF2NO4. The number of allylic oxidation sites excluding steroid dienone is 2. The van der Waals surface area contributed by atoms with E-state index in [1.165, 1.54) is 18.2 Å². The van der Waals surface area contributed by atoms with Crippen LogP contribution in [0, 0.1) is 11.6 Å². The summed E-state index contributed by atoms with van der Waals surface area (Å²) < 4.78 is 34.2. The number of carbonyl (C=O) groups excluding carboxylic acids is 1. The molecule has 0 fully saturated rings. The van der Waals surface area contributed by atoms with Crippen LogP contribution in [0.25, 0.3) is 11.1 Å². The fourth-order valence-corrected chi connectivity index (χ4v) is 4.63. The molecule has 0 saturated carbocycles. The third kappa shape index (κ3) is 5.82. The smallest absolute Gasteiger partial charge is 0.335 e. The Hall–Kier alpha value is -3.52. The molecule has 5 nitrogen and oxygen atoms in total. The van der Waals surface area contributed by atoms with Crippen LogP contribution in [0.4, 0.5) is 14.5 Å². The molecular weight excluding hydrogens is 532 g/mol. The largest absolute Gasteiger partial charge is 0.488 e. The molecule has 0 bridgehead atoms. The van der Waals surface area contributed by atoms with E-state index >= 15 is 0 Å². The molecule has 4 rings (SSSR count). The van der Waals surface area contributed by atoms with Gasteiger partial charge >= 0.3 is 5.97 Å². The molecule has 36 heavy (non-hydrogen) atoms. The van der Waals surface area contributed by atoms with Gasteiger partial charge in [0, 0.05) is 33.8 Å². The Labute approximate surface area is 215 Å². The minimum Gasteiger partial charge on any atom is -0.488 e. The number of rotatable bonds is 8. The molecule has 2 N–H and O–H groups in total. The molecule has 0 heterocycles. The summed E-state index contributed by atoms with van der Waals surface area (Å²) in [5, 5.41) is 12.4. The second-order valence-corrected chi connectivity index (χ2v) is 9.40. The molecule has 3 aromatic carbocycles. The topological polar surface area (TPSA) is 75.6 Å². The standard InChI is InChI=1S/C28H24BrF2NO4/c1-2-27(33)32-21-11-17(10-18(12-21)28(34)35)22-4-3-5-23(22)24-13-19(29)7-9-26(24)36-15-16-6-8-20(30)14-25(16)31/h6-14H,2-5,15H2,1H3,(H,32,33)(H,34,35). The van der Waals surface area contributed by atoms with Crippen molar-refractivity contribution < 1.29 is 28.2 Å². The molecule has 1 amide bonds. The highest BCUT2D eigenvalue weighted by Gasteiger charge is 2.23. The third-order valence-corrected chi connectivity index (χ3v) is 6.51. The molecule has 8 heteroatoms. The van der Waals surface area contributed by atoms with E-state index in [9.17, 15) is 23.5 Å². The summed E-state index contributed by atoms with van der Waals surface area (Å²) in [6, 6.07) is 13.7. The molecule has 186 valence electrons. The Bertz CT molecular complexity index is 1370. The first-order valence-electron chi connectivity index (χ1n) is 11.5. The zero-order valence-electron chi connectivity index (χ0n) is 19.5. The fourth-order valence-electron chi connectivity index (χ4n) is 4.26. The SMILES string of the molecule is CCC(=O)Nc1cc(C(=O)O)cc(C2=C(c3cc(Br)ccc3OCc3ccc(F)cc3F)CCC2)c1. The first-order chi connectivity index (χ1) is 17.2. The number of carboxylic acids is 1. The summed E-state index contributed by atoms with van der Waals surface area (Å²) in [5.74, 6) is -2.09. The number of halogens is 3. The van der Waals surface area contributed by atoms with Gasteiger partial charge in [-0.15, -0.1) is 0 Å². The highest BCUT2D eigenvalue weighted by Crippen LogP contribution is 2.44. The second kappa shape index (κ2) is 11.0. The van der Waals surface area contributed by atoms with Crippen LogP contribution in [0.1, 0.15) is 59.7 Å². The summed E-state index contributed by atoms with van der Waals surface area (Å²) >= 11 is 3.51. The molecule has 0 radical (unpaired) electrons. The lowest BCUT2D eigenvalue weighted by atomic mass is 9.94. The predicted molar refractivity (Wildman–Crippen MR) is 138 cm³/mol. The van der Waals surface area contributed by atoms with Crippen LogP contribution in [0.3, 0.4) is 0 Å². The molecule has 1 aliphatic rings. The Morgan fingerprint density at radius 3 is 2.53 bits per heavy atom. The van der Waals surface area contributed by atoms with Crippen molar-refractivity contribution in [2.75, 3.05) is 5.32 Å². The van der Waals surface area contributed by atoms with Gasteiger partial charge in [-0.05, 0) is 84.5 Å². The van der Waals surface area contributed by atoms with Crippen LogP contribution in [0.15, 0.2) is 59.1 Å². The molecule has 0 spiro atoms. The van der Waals surface area contributed by atoms with Gasteiger partial charge in [-0.1, -0.05) is 22.9 Å². The maximum atomic E-state index is 14.1. The van der Waals surface area contributed by atoms with Gasteiger partial charge in [-0.2, -0.15) is 0 Å². The van der Waals surface area contributed by atoms with Crippen LogP contribution < -0.4 is 10.1 Å². The number of hydrogen-bond acceptors (Lipinski definition) is 3. The van der Waals surface area contributed by atoms with Crippen LogP contribution >= 0.6 is 15.9 Å². The lowest BCUT2D eigenvalue weighted by Gasteiger charge is -2.16. The van der Waals surface area contributed by atoms with E-state index in [-0.39, 0.29) is 30.1 Å². The van der Waals surface area contributed by atoms with E-state index in [1.807, 2.05) is 12.1 Å². The number of carboxylic acid groups (broad SMARTS) is 1. The Morgan fingerprint density at radius 2 is 1.81 bits per heavy atom. The van der Waals surface area contributed by atoms with Gasteiger partial charge in [0.15, 0.2) is 0 Å². The zero-order valence-corrected chi connectivity index (χ0v) is 21.1. The number of nitrogens with one attached hydrogen (secondary N) is 1. The van der Waals surface area contributed by atoms with Crippen molar-refractivity contribution in [2.45, 2.75) is 39.2 Å². The Morgan fingerprint density at radius 1 is 1.03 bits per heavy atom. The molecule has 3 aromatic rings. The van der Waals surface area contributed by atoms with E-state index < -0.39 is 17.6 Å². The maximum absolute atomic E-state index is 14.1. The zero-order chi connectivity index (χ0) is 25.8. The maximum Gasteiger partial charge on any atom is 0.335 e. The van der Waals surface area contributed by atoms with Gasteiger partial charge in [-0.25, -0.2) is 13.6 Å². The van der Waals surface area contributed by atoms with E-state index in [1.54, 1.807) is 25.1 Å². The van der Waals surface area contributed by atoms with E-state index in [2.05, 4.69) is 21.2 Å². The lowest BCUT2D eigenvalue weighted by Crippen LogP contribution is -2.11. The number of amides is 1. The third-order valence-electron chi connectivity index (χ3n) is 6.02. The molecule has 0 atom stereocenters. The fraction of sp³-hybridized carbons (Fsp3) is 0.214. The number of hydrogen-bond donors (Lipinski definition) is 2.